The summed E-state index contributed by atoms with van der Waals surface area (Å²) in [5.74, 6) is -1.10. The Hall–Kier alpha value is -1.10. The summed E-state index contributed by atoms with van der Waals surface area (Å²) in [6.07, 6.45) is 6.21. The fraction of sp³-hybridized carbons (Fsp3) is 0.867. The Morgan fingerprint density at radius 3 is 2.70 bits per heavy atom. The molecule has 0 aromatic heterocycles. The molecule has 0 aromatic carbocycles. The van der Waals surface area contributed by atoms with Crippen LogP contribution in [0, 0.1) is 5.92 Å². The molecule has 2 rings (SSSR count). The van der Waals surface area contributed by atoms with Crippen molar-refractivity contribution in [2.75, 3.05) is 6.61 Å². The van der Waals surface area contributed by atoms with Crippen molar-refractivity contribution in [2.45, 2.75) is 69.9 Å². The zero-order chi connectivity index (χ0) is 14.6. The van der Waals surface area contributed by atoms with Gasteiger partial charge in [0.15, 0.2) is 0 Å². The highest BCUT2D eigenvalue weighted by Gasteiger charge is 2.48. The van der Waals surface area contributed by atoms with Crippen LogP contribution in [-0.2, 0) is 14.3 Å². The molecule has 2 aliphatic rings. The lowest BCUT2D eigenvalue weighted by Gasteiger charge is -2.41. The molecule has 0 aromatic rings. The highest BCUT2D eigenvalue weighted by atomic mass is 16.5. The van der Waals surface area contributed by atoms with Crippen LogP contribution < -0.4 is 5.32 Å². The van der Waals surface area contributed by atoms with E-state index in [1.54, 1.807) is 0 Å². The van der Waals surface area contributed by atoms with Crippen molar-refractivity contribution < 1.29 is 19.4 Å². The molecule has 1 saturated heterocycles. The summed E-state index contributed by atoms with van der Waals surface area (Å²) in [6.45, 7) is 2.65. The SMILES string of the molecule is CCCC1CCCCC1(NC(=O)[C@H]1CCCO1)C(=O)O. The Kier molecular flexibility index (Phi) is 5.02. The molecule has 3 atom stereocenters. The quantitative estimate of drug-likeness (QED) is 0.810. The number of hydrogen-bond acceptors (Lipinski definition) is 3. The summed E-state index contributed by atoms with van der Waals surface area (Å²) in [6, 6.07) is 0. The number of aliphatic carboxylic acids is 1. The molecule has 2 fully saturated rings. The molecule has 2 N–H and O–H groups in total. The van der Waals surface area contributed by atoms with Crippen LogP contribution in [-0.4, -0.2) is 35.2 Å². The van der Waals surface area contributed by atoms with Gasteiger partial charge in [0.1, 0.15) is 11.6 Å². The van der Waals surface area contributed by atoms with Gasteiger partial charge in [-0.05, 0) is 38.0 Å². The fourth-order valence-electron chi connectivity index (χ4n) is 3.57. The summed E-state index contributed by atoms with van der Waals surface area (Å²) in [7, 11) is 0. The molecule has 0 spiro atoms. The average Bonchev–Trinajstić information content (AvgIpc) is 2.95. The Morgan fingerprint density at radius 1 is 1.30 bits per heavy atom. The van der Waals surface area contributed by atoms with E-state index in [-0.39, 0.29) is 11.8 Å². The number of nitrogens with one attached hydrogen (secondary N) is 1. The minimum absolute atomic E-state index is 0.0316. The lowest BCUT2D eigenvalue weighted by Crippen LogP contribution is -2.62. The lowest BCUT2D eigenvalue weighted by atomic mass is 9.70. The molecule has 0 radical (unpaired) electrons. The van der Waals surface area contributed by atoms with Crippen molar-refractivity contribution in [3.8, 4) is 0 Å². The van der Waals surface area contributed by atoms with Gasteiger partial charge in [0, 0.05) is 6.61 Å². The lowest BCUT2D eigenvalue weighted by molar-refractivity contribution is -0.154. The molecule has 1 heterocycles. The molecule has 5 heteroatoms. The number of carbonyl (C=O) groups is 2. The van der Waals surface area contributed by atoms with Gasteiger partial charge in [-0.25, -0.2) is 4.79 Å². The molecular weight excluding hydrogens is 258 g/mol. The predicted octanol–water partition coefficient (Wildman–Crippen LogP) is 2.10. The largest absolute Gasteiger partial charge is 0.479 e. The van der Waals surface area contributed by atoms with Crippen molar-refractivity contribution in [3.05, 3.63) is 0 Å². The average molecular weight is 283 g/mol. The Balaban J connectivity index is 2.14. The van der Waals surface area contributed by atoms with Gasteiger partial charge in [-0.3, -0.25) is 4.79 Å². The third kappa shape index (κ3) is 2.97. The van der Waals surface area contributed by atoms with E-state index in [0.29, 0.717) is 19.4 Å². The van der Waals surface area contributed by atoms with Gasteiger partial charge in [0.25, 0.3) is 0 Å². The first-order valence-corrected chi connectivity index (χ1v) is 7.77. The first kappa shape index (κ1) is 15.3. The van der Waals surface area contributed by atoms with Gasteiger partial charge in [-0.2, -0.15) is 0 Å². The van der Waals surface area contributed by atoms with Crippen LogP contribution in [0.2, 0.25) is 0 Å². The molecule has 1 saturated carbocycles. The number of carboxylic acid groups (broad SMARTS) is 1. The number of hydrogen-bond donors (Lipinski definition) is 2. The maximum atomic E-state index is 12.3. The van der Waals surface area contributed by atoms with Crippen molar-refractivity contribution in [1.82, 2.24) is 5.32 Å². The number of carbonyl (C=O) groups excluding carboxylic acids is 1. The van der Waals surface area contributed by atoms with Gasteiger partial charge in [-0.1, -0.05) is 26.2 Å². The Morgan fingerprint density at radius 2 is 2.10 bits per heavy atom. The maximum absolute atomic E-state index is 12.3. The summed E-state index contributed by atoms with van der Waals surface area (Å²) in [5, 5.41) is 12.6. The van der Waals surface area contributed by atoms with Crippen LogP contribution in [0.1, 0.15) is 58.3 Å². The molecule has 2 unspecified atom stereocenters. The number of carboxylic acids is 1. The zero-order valence-electron chi connectivity index (χ0n) is 12.2. The zero-order valence-corrected chi connectivity index (χ0v) is 12.2. The van der Waals surface area contributed by atoms with Gasteiger partial charge in [0.2, 0.25) is 5.91 Å². The third-order valence-electron chi connectivity index (χ3n) is 4.66. The predicted molar refractivity (Wildman–Crippen MR) is 74.3 cm³/mol. The van der Waals surface area contributed by atoms with Crippen molar-refractivity contribution in [1.29, 1.82) is 0 Å². The van der Waals surface area contributed by atoms with E-state index in [9.17, 15) is 14.7 Å². The molecule has 114 valence electrons. The molecule has 1 amide bonds. The standard InChI is InChI=1S/C15H25NO4/c1-2-6-11-7-3-4-9-15(11,14(18)19)16-13(17)12-8-5-10-20-12/h11-12H,2-10H2,1H3,(H,16,17)(H,18,19)/t11?,12-,15?/m1/s1. The monoisotopic (exact) mass is 283 g/mol. The summed E-state index contributed by atoms with van der Waals surface area (Å²) in [4.78, 5) is 24.1. The molecule has 1 aliphatic carbocycles. The minimum Gasteiger partial charge on any atom is -0.479 e. The van der Waals surface area contributed by atoms with Crippen LogP contribution in [0.5, 0.6) is 0 Å². The molecule has 1 aliphatic heterocycles. The number of amides is 1. The highest BCUT2D eigenvalue weighted by Crippen LogP contribution is 2.37. The van der Waals surface area contributed by atoms with E-state index in [2.05, 4.69) is 12.2 Å². The number of rotatable bonds is 5. The van der Waals surface area contributed by atoms with Crippen LogP contribution in [0.3, 0.4) is 0 Å². The van der Waals surface area contributed by atoms with Gasteiger partial charge in [0.05, 0.1) is 0 Å². The third-order valence-corrected chi connectivity index (χ3v) is 4.66. The van der Waals surface area contributed by atoms with Crippen LogP contribution in [0.4, 0.5) is 0 Å². The van der Waals surface area contributed by atoms with E-state index >= 15 is 0 Å². The molecule has 20 heavy (non-hydrogen) atoms. The first-order chi connectivity index (χ1) is 9.60. The van der Waals surface area contributed by atoms with E-state index in [1.807, 2.05) is 0 Å². The topological polar surface area (TPSA) is 75.6 Å². The molecule has 5 nitrogen and oxygen atoms in total. The van der Waals surface area contributed by atoms with Crippen LogP contribution >= 0.6 is 0 Å². The fourth-order valence-corrected chi connectivity index (χ4v) is 3.57. The van der Waals surface area contributed by atoms with Crippen molar-refractivity contribution in [3.63, 3.8) is 0 Å². The second kappa shape index (κ2) is 6.57. The maximum Gasteiger partial charge on any atom is 0.329 e. The number of ether oxygens (including phenoxy) is 1. The first-order valence-electron chi connectivity index (χ1n) is 7.77. The summed E-state index contributed by atoms with van der Waals surface area (Å²) in [5.41, 5.74) is -1.09. The van der Waals surface area contributed by atoms with Crippen molar-refractivity contribution >= 4 is 11.9 Å². The molecule has 0 bridgehead atoms. The Bertz CT molecular complexity index is 363. The van der Waals surface area contributed by atoms with Crippen molar-refractivity contribution in [2.24, 2.45) is 5.92 Å². The normalized spacial score (nSPS) is 33.9. The highest BCUT2D eigenvalue weighted by molar-refractivity contribution is 5.89. The van der Waals surface area contributed by atoms with Gasteiger partial charge >= 0.3 is 5.97 Å². The Labute approximate surface area is 120 Å². The second-order valence-electron chi connectivity index (χ2n) is 6.00. The smallest absolute Gasteiger partial charge is 0.329 e. The van der Waals surface area contributed by atoms with E-state index in [1.165, 1.54) is 0 Å². The molecular formula is C15H25NO4. The summed E-state index contributed by atoms with van der Waals surface area (Å²) >= 11 is 0. The van der Waals surface area contributed by atoms with Gasteiger partial charge < -0.3 is 15.2 Å². The van der Waals surface area contributed by atoms with E-state index in [0.717, 1.165) is 38.5 Å². The minimum atomic E-state index is -1.09. The van der Waals surface area contributed by atoms with Gasteiger partial charge in [-0.15, -0.1) is 0 Å². The van der Waals surface area contributed by atoms with E-state index < -0.39 is 17.6 Å². The summed E-state index contributed by atoms with van der Waals surface area (Å²) < 4.78 is 5.37. The van der Waals surface area contributed by atoms with Crippen LogP contribution in [0.25, 0.3) is 0 Å². The van der Waals surface area contributed by atoms with Crippen LogP contribution in [0.15, 0.2) is 0 Å². The van der Waals surface area contributed by atoms with E-state index in [4.69, 9.17) is 4.74 Å². The second-order valence-corrected chi connectivity index (χ2v) is 6.00.